The largest absolute Gasteiger partial charge is 0.325 e. The molecule has 0 aliphatic rings. The molecule has 0 atom stereocenters. The molecule has 0 radical (unpaired) electrons. The van der Waals surface area contributed by atoms with Crippen molar-refractivity contribution in [3.8, 4) is 0 Å². The van der Waals surface area contributed by atoms with Gasteiger partial charge < -0.3 is 5.32 Å². The van der Waals surface area contributed by atoms with Crippen LogP contribution in [0, 0.1) is 0 Å². The number of aromatic nitrogens is 1. The lowest BCUT2D eigenvalue weighted by Crippen LogP contribution is -2.19. The Morgan fingerprint density at radius 1 is 1.26 bits per heavy atom. The van der Waals surface area contributed by atoms with Crippen LogP contribution in [0.1, 0.15) is 32.0 Å². The van der Waals surface area contributed by atoms with Crippen LogP contribution in [0.15, 0.2) is 52.2 Å². The second-order valence-corrected chi connectivity index (χ2v) is 9.17. The standard InChI is InChI=1S/C19H21BrN4OS2/c1-19(2,3)13-7-9-14(10-8-13)23-17(25)12-27-18(26)24-21-11-15-5-4-6-16(20)22-15/h4-11H,12H2,1-3H3,(H,23,25)(H,24,26)/b21-11+. The van der Waals surface area contributed by atoms with E-state index in [4.69, 9.17) is 12.2 Å². The maximum atomic E-state index is 12.1. The number of hydrogen-bond donors (Lipinski definition) is 2. The van der Waals surface area contributed by atoms with Crippen molar-refractivity contribution in [3.63, 3.8) is 0 Å². The highest BCUT2D eigenvalue weighted by atomic mass is 79.9. The van der Waals surface area contributed by atoms with Crippen LogP contribution in [-0.2, 0) is 10.2 Å². The Balaban J connectivity index is 1.75. The fourth-order valence-electron chi connectivity index (χ4n) is 2.06. The number of amides is 1. The molecule has 0 spiro atoms. The first-order chi connectivity index (χ1) is 12.7. The Labute approximate surface area is 177 Å². The molecule has 5 nitrogen and oxygen atoms in total. The molecule has 1 aromatic heterocycles. The Kier molecular flexibility index (Phi) is 7.94. The van der Waals surface area contributed by atoms with Crippen molar-refractivity contribution >= 4 is 62.0 Å². The van der Waals surface area contributed by atoms with Crippen LogP contribution in [0.2, 0.25) is 0 Å². The van der Waals surface area contributed by atoms with Crippen molar-refractivity contribution in [1.82, 2.24) is 10.4 Å². The number of hydrazone groups is 1. The summed E-state index contributed by atoms with van der Waals surface area (Å²) in [6, 6.07) is 13.4. The van der Waals surface area contributed by atoms with Gasteiger partial charge >= 0.3 is 0 Å². The third-order valence-electron chi connectivity index (χ3n) is 3.46. The van der Waals surface area contributed by atoms with Crippen LogP contribution >= 0.6 is 39.9 Å². The van der Waals surface area contributed by atoms with Gasteiger partial charge in [-0.25, -0.2) is 4.98 Å². The second kappa shape index (κ2) is 9.96. The topological polar surface area (TPSA) is 66.4 Å². The molecule has 0 saturated carbocycles. The summed E-state index contributed by atoms with van der Waals surface area (Å²) in [5, 5.41) is 6.89. The van der Waals surface area contributed by atoms with E-state index in [1.54, 1.807) is 6.21 Å². The average Bonchev–Trinajstić information content (AvgIpc) is 2.60. The summed E-state index contributed by atoms with van der Waals surface area (Å²) in [5.74, 6) is 0.0858. The predicted molar refractivity (Wildman–Crippen MR) is 121 cm³/mol. The zero-order chi connectivity index (χ0) is 19.9. The zero-order valence-electron chi connectivity index (χ0n) is 15.3. The number of rotatable bonds is 5. The van der Waals surface area contributed by atoms with Gasteiger partial charge in [-0.15, -0.1) is 0 Å². The summed E-state index contributed by atoms with van der Waals surface area (Å²) in [5.41, 5.74) is 5.49. The lowest BCUT2D eigenvalue weighted by Gasteiger charge is -2.19. The fraction of sp³-hybridized carbons (Fsp3) is 0.263. The molecule has 27 heavy (non-hydrogen) atoms. The molecular weight excluding hydrogens is 444 g/mol. The van der Waals surface area contributed by atoms with Crippen LogP contribution in [0.5, 0.6) is 0 Å². The van der Waals surface area contributed by atoms with E-state index in [0.717, 1.165) is 10.3 Å². The summed E-state index contributed by atoms with van der Waals surface area (Å²) in [6.07, 6.45) is 1.56. The van der Waals surface area contributed by atoms with E-state index in [1.165, 1.54) is 17.3 Å². The predicted octanol–water partition coefficient (Wildman–Crippen LogP) is 4.72. The summed E-state index contributed by atoms with van der Waals surface area (Å²) in [7, 11) is 0. The van der Waals surface area contributed by atoms with Gasteiger partial charge in [0, 0.05) is 5.69 Å². The summed E-state index contributed by atoms with van der Waals surface area (Å²) < 4.78 is 1.15. The Morgan fingerprint density at radius 2 is 1.96 bits per heavy atom. The molecule has 2 N–H and O–H groups in total. The SMILES string of the molecule is CC(C)(C)c1ccc(NC(=O)CSC(=S)N/N=C/c2cccc(Br)n2)cc1. The molecule has 1 amide bonds. The van der Waals surface area contributed by atoms with E-state index in [9.17, 15) is 4.79 Å². The third kappa shape index (κ3) is 7.78. The number of benzene rings is 1. The molecular formula is C19H21BrN4OS2. The van der Waals surface area contributed by atoms with E-state index in [0.29, 0.717) is 10.0 Å². The quantitative estimate of drug-likeness (QED) is 0.290. The Bertz CT molecular complexity index is 832. The van der Waals surface area contributed by atoms with Gasteiger partial charge in [0.15, 0.2) is 4.32 Å². The molecule has 0 aliphatic heterocycles. The van der Waals surface area contributed by atoms with Crippen molar-refractivity contribution in [2.24, 2.45) is 5.10 Å². The van der Waals surface area contributed by atoms with Gasteiger partial charge in [0.25, 0.3) is 0 Å². The maximum Gasteiger partial charge on any atom is 0.234 e. The number of thiocarbonyl (C=S) groups is 1. The maximum absolute atomic E-state index is 12.1. The first kappa shape index (κ1) is 21.5. The normalized spacial score (nSPS) is 11.4. The first-order valence-corrected chi connectivity index (χ1v) is 10.4. The van der Waals surface area contributed by atoms with Crippen LogP contribution in [0.4, 0.5) is 5.69 Å². The molecule has 0 aliphatic carbocycles. The van der Waals surface area contributed by atoms with E-state index in [2.05, 4.69) is 57.5 Å². The van der Waals surface area contributed by atoms with Crippen LogP contribution in [0.25, 0.3) is 0 Å². The van der Waals surface area contributed by atoms with Crippen molar-refractivity contribution in [1.29, 1.82) is 0 Å². The van der Waals surface area contributed by atoms with Crippen molar-refractivity contribution in [2.75, 3.05) is 11.1 Å². The number of nitrogens with zero attached hydrogens (tertiary/aromatic N) is 2. The zero-order valence-corrected chi connectivity index (χ0v) is 18.5. The van der Waals surface area contributed by atoms with Crippen molar-refractivity contribution < 1.29 is 4.79 Å². The average molecular weight is 465 g/mol. The summed E-state index contributed by atoms with van der Waals surface area (Å²) in [6.45, 7) is 6.46. The lowest BCUT2D eigenvalue weighted by atomic mass is 9.87. The molecule has 0 unspecified atom stereocenters. The minimum atomic E-state index is -0.120. The van der Waals surface area contributed by atoms with Gasteiger partial charge in [-0.1, -0.05) is 63.0 Å². The number of carbonyl (C=O) groups excluding carboxylic acids is 1. The highest BCUT2D eigenvalue weighted by molar-refractivity contribution is 9.10. The number of thioether (sulfide) groups is 1. The van der Waals surface area contributed by atoms with E-state index in [-0.39, 0.29) is 17.1 Å². The van der Waals surface area contributed by atoms with Gasteiger partial charge in [0.1, 0.15) is 4.60 Å². The smallest absolute Gasteiger partial charge is 0.234 e. The number of hydrogen-bond acceptors (Lipinski definition) is 5. The van der Waals surface area contributed by atoms with Crippen LogP contribution in [-0.4, -0.2) is 27.2 Å². The molecule has 1 heterocycles. The lowest BCUT2D eigenvalue weighted by molar-refractivity contribution is -0.113. The number of carbonyl (C=O) groups is 1. The molecule has 0 saturated heterocycles. The fourth-order valence-corrected chi connectivity index (χ4v) is 3.10. The van der Waals surface area contributed by atoms with Crippen LogP contribution in [0.3, 0.4) is 0 Å². The Morgan fingerprint density at radius 3 is 2.59 bits per heavy atom. The summed E-state index contributed by atoms with van der Waals surface area (Å²) >= 11 is 9.68. The highest BCUT2D eigenvalue weighted by Gasteiger charge is 2.13. The van der Waals surface area contributed by atoms with Crippen molar-refractivity contribution in [3.05, 3.63) is 58.3 Å². The minimum absolute atomic E-state index is 0.0854. The molecule has 2 aromatic rings. The monoisotopic (exact) mass is 464 g/mol. The van der Waals surface area contributed by atoms with E-state index >= 15 is 0 Å². The second-order valence-electron chi connectivity index (χ2n) is 6.71. The molecule has 0 bridgehead atoms. The number of nitrogens with one attached hydrogen (secondary N) is 2. The van der Waals surface area contributed by atoms with Gasteiger partial charge in [-0.05, 0) is 51.2 Å². The minimum Gasteiger partial charge on any atom is -0.325 e. The molecule has 0 fully saturated rings. The Hall–Kier alpha value is -1.77. The van der Waals surface area contributed by atoms with Gasteiger partial charge in [-0.2, -0.15) is 5.10 Å². The third-order valence-corrected chi connectivity index (χ3v) is 5.10. The van der Waals surface area contributed by atoms with Gasteiger partial charge in [0.05, 0.1) is 17.7 Å². The number of anilines is 1. The van der Waals surface area contributed by atoms with Gasteiger partial charge in [0.2, 0.25) is 5.91 Å². The van der Waals surface area contributed by atoms with Crippen LogP contribution < -0.4 is 10.7 Å². The number of halogens is 1. The van der Waals surface area contributed by atoms with Gasteiger partial charge in [-0.3, -0.25) is 10.2 Å². The van der Waals surface area contributed by atoms with E-state index in [1.807, 2.05) is 42.5 Å². The molecule has 1 aromatic carbocycles. The molecule has 2 rings (SSSR count). The first-order valence-electron chi connectivity index (χ1n) is 8.23. The van der Waals surface area contributed by atoms with Crippen molar-refractivity contribution in [2.45, 2.75) is 26.2 Å². The molecule has 142 valence electrons. The number of pyridine rings is 1. The highest BCUT2D eigenvalue weighted by Crippen LogP contribution is 2.23. The van der Waals surface area contributed by atoms with E-state index < -0.39 is 0 Å². The molecule has 8 heteroatoms. The summed E-state index contributed by atoms with van der Waals surface area (Å²) in [4.78, 5) is 16.3.